The Bertz CT molecular complexity index is 1680. The molecular weight excluding hydrogens is 513 g/mol. The Morgan fingerprint density at radius 2 is 1.80 bits per heavy atom. The summed E-state index contributed by atoms with van der Waals surface area (Å²) in [6.07, 6.45) is 3.03. The molecule has 40 heavy (non-hydrogen) atoms. The number of aromatic hydroxyl groups is 1. The number of hydrogen-bond acceptors (Lipinski definition) is 6. The van der Waals surface area contributed by atoms with Crippen molar-refractivity contribution in [2.75, 3.05) is 14.2 Å². The fourth-order valence-electron chi connectivity index (χ4n) is 4.74. The van der Waals surface area contributed by atoms with Gasteiger partial charge in [0.25, 0.3) is 11.8 Å². The van der Waals surface area contributed by atoms with Crippen LogP contribution in [0.2, 0.25) is 0 Å². The predicted molar refractivity (Wildman–Crippen MR) is 151 cm³/mol. The van der Waals surface area contributed by atoms with E-state index in [9.17, 15) is 19.1 Å². The molecule has 1 heterocycles. The molecule has 204 valence electrons. The number of phenolic OH excluding ortho intramolecular Hbond substituents is 1. The predicted octanol–water partition coefficient (Wildman–Crippen LogP) is 5.85. The number of phenols is 1. The summed E-state index contributed by atoms with van der Waals surface area (Å²) in [5, 5.41) is 16.8. The third-order valence-corrected chi connectivity index (χ3v) is 7.06. The van der Waals surface area contributed by atoms with E-state index in [2.05, 4.69) is 22.2 Å². The van der Waals surface area contributed by atoms with Crippen molar-refractivity contribution in [3.05, 3.63) is 83.8 Å². The van der Waals surface area contributed by atoms with Gasteiger partial charge in [-0.1, -0.05) is 12.6 Å². The summed E-state index contributed by atoms with van der Waals surface area (Å²) in [4.78, 5) is 30.5. The van der Waals surface area contributed by atoms with Crippen LogP contribution in [0, 0.1) is 5.82 Å². The van der Waals surface area contributed by atoms with Gasteiger partial charge in [0.2, 0.25) is 0 Å². The van der Waals surface area contributed by atoms with Crippen LogP contribution in [0.4, 0.5) is 4.39 Å². The minimum atomic E-state index is -0.634. The Labute approximate surface area is 230 Å². The fourth-order valence-corrected chi connectivity index (χ4v) is 4.74. The Balaban J connectivity index is 1.60. The molecule has 1 saturated carbocycles. The molecular formula is C31H28FN3O5. The number of fused-ring (bicyclic) bond motifs is 1. The maximum absolute atomic E-state index is 13.6. The van der Waals surface area contributed by atoms with Crippen LogP contribution in [0.5, 0.6) is 11.5 Å². The number of rotatable bonds is 8. The lowest BCUT2D eigenvalue weighted by Crippen LogP contribution is -2.37. The third kappa shape index (κ3) is 4.70. The van der Waals surface area contributed by atoms with Crippen LogP contribution in [-0.4, -0.2) is 42.8 Å². The molecule has 0 radical (unpaired) electrons. The van der Waals surface area contributed by atoms with Crippen molar-refractivity contribution in [2.24, 2.45) is 4.99 Å². The average molecular weight is 542 g/mol. The van der Waals surface area contributed by atoms with Gasteiger partial charge in [0.1, 0.15) is 28.7 Å². The molecule has 0 atom stereocenters. The largest absolute Gasteiger partial charge is 0.507 e. The number of nitrogens with one attached hydrogen (secondary N) is 2. The zero-order valence-electron chi connectivity index (χ0n) is 22.3. The molecule has 0 saturated heterocycles. The van der Waals surface area contributed by atoms with E-state index in [1.54, 1.807) is 49.5 Å². The fraction of sp³-hybridized carbons (Fsp3) is 0.194. The number of methoxy groups -OCH3 is 1. The molecule has 8 nitrogen and oxygen atoms in total. The summed E-state index contributed by atoms with van der Waals surface area (Å²) in [6, 6.07) is 13.8. The van der Waals surface area contributed by atoms with Crippen molar-refractivity contribution in [1.29, 1.82) is 0 Å². The first-order valence-electron chi connectivity index (χ1n) is 12.7. The summed E-state index contributed by atoms with van der Waals surface area (Å²) in [7, 11) is 2.98. The smallest absolute Gasteiger partial charge is 0.255 e. The number of aliphatic imine (C=N–C) groups is 1. The van der Waals surface area contributed by atoms with Crippen LogP contribution < -0.4 is 15.4 Å². The summed E-state index contributed by atoms with van der Waals surface area (Å²) < 4.78 is 25.1. The highest BCUT2D eigenvalue weighted by atomic mass is 19.1. The van der Waals surface area contributed by atoms with Crippen molar-refractivity contribution in [2.45, 2.75) is 25.3 Å². The molecule has 2 amide bonds. The molecule has 9 heteroatoms. The lowest BCUT2D eigenvalue weighted by Gasteiger charge is -2.19. The first-order valence-corrected chi connectivity index (χ1v) is 12.7. The summed E-state index contributed by atoms with van der Waals surface area (Å²) in [6.45, 7) is 5.75. The molecule has 3 N–H and O–H groups in total. The molecule has 4 aromatic rings. The highest BCUT2D eigenvalue weighted by Gasteiger charge is 2.47. The van der Waals surface area contributed by atoms with E-state index in [1.807, 2.05) is 0 Å². The maximum atomic E-state index is 13.6. The summed E-state index contributed by atoms with van der Waals surface area (Å²) in [5.74, 6) is -0.865. The van der Waals surface area contributed by atoms with Crippen molar-refractivity contribution in [3.63, 3.8) is 0 Å². The van der Waals surface area contributed by atoms with E-state index in [4.69, 9.17) is 9.15 Å². The lowest BCUT2D eigenvalue weighted by molar-refractivity contribution is 0.0933. The Kier molecular flexibility index (Phi) is 6.89. The minimum absolute atomic E-state index is 0.0566. The van der Waals surface area contributed by atoms with Gasteiger partial charge in [-0.25, -0.2) is 4.39 Å². The van der Waals surface area contributed by atoms with Gasteiger partial charge in [-0.2, -0.15) is 0 Å². The minimum Gasteiger partial charge on any atom is -0.507 e. The molecule has 0 unspecified atom stereocenters. The highest BCUT2D eigenvalue weighted by Crippen LogP contribution is 2.44. The van der Waals surface area contributed by atoms with Gasteiger partial charge in [0, 0.05) is 35.8 Å². The molecule has 3 aromatic carbocycles. The first-order chi connectivity index (χ1) is 19.2. The van der Waals surface area contributed by atoms with Gasteiger partial charge in [-0.05, 0) is 67.8 Å². The van der Waals surface area contributed by atoms with Crippen LogP contribution in [0.3, 0.4) is 0 Å². The van der Waals surface area contributed by atoms with Crippen LogP contribution in [0.1, 0.15) is 40.5 Å². The van der Waals surface area contributed by atoms with Crippen molar-refractivity contribution in [3.8, 4) is 33.9 Å². The second kappa shape index (κ2) is 10.3. The number of carbonyl (C=O) groups is 2. The van der Waals surface area contributed by atoms with Gasteiger partial charge in [0.15, 0.2) is 0 Å². The standard InChI is InChI=1S/C31H28FN3O5/c1-5-34-17(2)31(12-13-31)35-29(37)22-15-21(26(39-4)16-24(22)36)19-8-11-25-23(14-19)27(30(38)33-3)28(40-25)18-6-9-20(32)10-7-18/h5-11,14-16,36H,2,12-13H2,1,3-4H3,(H,33,38)(H,35,37). The number of ether oxygens (including phenoxy) is 1. The maximum Gasteiger partial charge on any atom is 0.255 e. The zero-order chi connectivity index (χ0) is 28.6. The van der Waals surface area contributed by atoms with Crippen LogP contribution in [0.15, 0.2) is 76.3 Å². The van der Waals surface area contributed by atoms with Crippen LogP contribution in [-0.2, 0) is 0 Å². The molecule has 0 aliphatic heterocycles. The lowest BCUT2D eigenvalue weighted by atomic mass is 9.97. The quantitative estimate of drug-likeness (QED) is 0.242. The van der Waals surface area contributed by atoms with E-state index in [-0.39, 0.29) is 22.8 Å². The van der Waals surface area contributed by atoms with Crippen molar-refractivity contribution in [1.82, 2.24) is 10.6 Å². The van der Waals surface area contributed by atoms with Gasteiger partial charge in [0.05, 0.1) is 29.5 Å². The van der Waals surface area contributed by atoms with E-state index in [0.29, 0.717) is 57.7 Å². The summed E-state index contributed by atoms with van der Waals surface area (Å²) in [5.41, 5.74) is 2.40. The third-order valence-electron chi connectivity index (χ3n) is 7.06. The van der Waals surface area contributed by atoms with E-state index in [1.165, 1.54) is 32.4 Å². The first kappa shape index (κ1) is 26.7. The Morgan fingerprint density at radius 1 is 1.10 bits per heavy atom. The Hall–Kier alpha value is -4.92. The highest BCUT2D eigenvalue weighted by molar-refractivity contribution is 6.12. The number of hydrogen-bond donors (Lipinski definition) is 3. The molecule has 1 aliphatic carbocycles. The zero-order valence-corrected chi connectivity index (χ0v) is 22.3. The SMILES string of the molecule is C=C(N=CC)C1(NC(=O)c2cc(-c3ccc4oc(-c5ccc(F)cc5)c(C(=O)NC)c4c3)c(OC)cc2O)CC1. The normalized spacial score (nSPS) is 13.8. The summed E-state index contributed by atoms with van der Waals surface area (Å²) >= 11 is 0. The second-order valence-electron chi connectivity index (χ2n) is 9.54. The molecule has 1 aliphatic rings. The van der Waals surface area contributed by atoms with E-state index < -0.39 is 17.3 Å². The number of benzene rings is 3. The van der Waals surface area contributed by atoms with Gasteiger partial charge in [-0.15, -0.1) is 0 Å². The van der Waals surface area contributed by atoms with Crippen molar-refractivity contribution < 1.29 is 28.2 Å². The van der Waals surface area contributed by atoms with Gasteiger partial charge < -0.3 is 24.9 Å². The topological polar surface area (TPSA) is 113 Å². The molecule has 1 aromatic heterocycles. The number of nitrogens with zero attached hydrogens (tertiary/aromatic N) is 1. The Morgan fingerprint density at radius 3 is 2.42 bits per heavy atom. The monoisotopic (exact) mass is 541 g/mol. The second-order valence-corrected chi connectivity index (χ2v) is 9.54. The molecule has 0 spiro atoms. The van der Waals surface area contributed by atoms with E-state index >= 15 is 0 Å². The molecule has 0 bridgehead atoms. The number of halogens is 1. The molecule has 1 fully saturated rings. The van der Waals surface area contributed by atoms with Crippen LogP contribution in [0.25, 0.3) is 33.4 Å². The molecule has 5 rings (SSSR count). The van der Waals surface area contributed by atoms with Gasteiger partial charge >= 0.3 is 0 Å². The van der Waals surface area contributed by atoms with E-state index in [0.717, 1.165) is 0 Å². The van der Waals surface area contributed by atoms with Crippen molar-refractivity contribution >= 4 is 29.0 Å². The van der Waals surface area contributed by atoms with Gasteiger partial charge in [-0.3, -0.25) is 14.6 Å². The van der Waals surface area contributed by atoms with Crippen LogP contribution >= 0.6 is 0 Å². The number of amides is 2. The number of carbonyl (C=O) groups excluding carboxylic acids is 2. The number of furan rings is 1. The average Bonchev–Trinajstić information content (AvgIpc) is 3.64.